The first-order chi connectivity index (χ1) is 8.88. The van der Waals surface area contributed by atoms with E-state index in [0.29, 0.717) is 10.3 Å². The van der Waals surface area contributed by atoms with Crippen molar-refractivity contribution in [2.75, 3.05) is 5.32 Å². The quantitative estimate of drug-likeness (QED) is 0.937. The average molecular weight is 335 g/mol. The summed E-state index contributed by atoms with van der Waals surface area (Å²) >= 11 is 3.26. The predicted octanol–water partition coefficient (Wildman–Crippen LogP) is 3.21. The first-order valence-corrected chi connectivity index (χ1v) is 6.11. The van der Waals surface area contributed by atoms with E-state index in [1.54, 1.807) is 17.9 Å². The normalized spacial score (nSPS) is 11.6. The fourth-order valence-electron chi connectivity index (χ4n) is 1.58. The highest BCUT2D eigenvalue weighted by Crippen LogP contribution is 2.31. The van der Waals surface area contributed by atoms with Crippen LogP contribution in [0.5, 0.6) is 0 Å². The van der Waals surface area contributed by atoms with Crippen LogP contribution in [-0.4, -0.2) is 14.8 Å². The molecule has 1 N–H and O–H groups in total. The molecule has 2 aromatic rings. The summed E-state index contributed by atoms with van der Waals surface area (Å²) in [7, 11) is 1.72. The number of aromatic nitrogens is 3. The molecule has 0 bridgehead atoms. The van der Waals surface area contributed by atoms with Crippen molar-refractivity contribution in [1.82, 2.24) is 14.8 Å². The Kier molecular flexibility index (Phi) is 3.79. The molecule has 0 spiro atoms. The molecular formula is C11H10BrF3N4. The molecule has 0 fully saturated rings. The smallest absolute Gasteiger partial charge is 0.362 e. The van der Waals surface area contributed by atoms with E-state index < -0.39 is 11.7 Å². The monoisotopic (exact) mass is 334 g/mol. The van der Waals surface area contributed by atoms with Gasteiger partial charge in [0.2, 0.25) is 0 Å². The van der Waals surface area contributed by atoms with Gasteiger partial charge in [0.15, 0.2) is 5.82 Å². The molecule has 19 heavy (non-hydrogen) atoms. The summed E-state index contributed by atoms with van der Waals surface area (Å²) in [5.74, 6) is 0.473. The minimum Gasteiger partial charge on any atom is -0.362 e. The highest BCUT2D eigenvalue weighted by Gasteiger charge is 2.33. The van der Waals surface area contributed by atoms with Crippen LogP contribution in [0.15, 0.2) is 29.0 Å². The SMILES string of the molecule is Cn1cc(Br)c(NCc2ncccc2C(F)(F)F)n1. The van der Waals surface area contributed by atoms with Crippen molar-refractivity contribution in [3.63, 3.8) is 0 Å². The van der Waals surface area contributed by atoms with Gasteiger partial charge in [0, 0.05) is 19.4 Å². The van der Waals surface area contributed by atoms with Crippen LogP contribution in [0.25, 0.3) is 0 Å². The molecule has 0 amide bonds. The van der Waals surface area contributed by atoms with Crippen LogP contribution >= 0.6 is 15.9 Å². The molecule has 0 saturated carbocycles. The molecular weight excluding hydrogens is 325 g/mol. The number of rotatable bonds is 3. The molecule has 0 aliphatic carbocycles. The van der Waals surface area contributed by atoms with Gasteiger partial charge in [-0.15, -0.1) is 0 Å². The third-order valence-corrected chi connectivity index (χ3v) is 2.98. The number of aryl methyl sites for hydroxylation is 1. The van der Waals surface area contributed by atoms with Gasteiger partial charge in [0.1, 0.15) is 0 Å². The average Bonchev–Trinajstić information content (AvgIpc) is 2.64. The van der Waals surface area contributed by atoms with E-state index in [1.165, 1.54) is 12.3 Å². The largest absolute Gasteiger partial charge is 0.418 e. The zero-order chi connectivity index (χ0) is 14.0. The minimum atomic E-state index is -4.41. The third-order valence-electron chi connectivity index (χ3n) is 2.40. The van der Waals surface area contributed by atoms with Crippen molar-refractivity contribution >= 4 is 21.7 Å². The molecule has 2 rings (SSSR count). The topological polar surface area (TPSA) is 42.7 Å². The van der Waals surface area contributed by atoms with Gasteiger partial charge in [0.25, 0.3) is 0 Å². The van der Waals surface area contributed by atoms with Crippen LogP contribution < -0.4 is 5.32 Å². The predicted molar refractivity (Wildman–Crippen MR) is 67.5 cm³/mol. The van der Waals surface area contributed by atoms with Gasteiger partial charge in [-0.2, -0.15) is 18.3 Å². The van der Waals surface area contributed by atoms with Crippen molar-refractivity contribution in [3.05, 3.63) is 40.3 Å². The van der Waals surface area contributed by atoms with E-state index in [-0.39, 0.29) is 12.2 Å². The van der Waals surface area contributed by atoms with Crippen LogP contribution in [0.3, 0.4) is 0 Å². The summed E-state index contributed by atoms with van der Waals surface area (Å²) in [6.45, 7) is -0.0503. The van der Waals surface area contributed by atoms with Crippen molar-refractivity contribution in [3.8, 4) is 0 Å². The van der Waals surface area contributed by atoms with Crippen molar-refractivity contribution < 1.29 is 13.2 Å². The molecule has 2 heterocycles. The molecule has 0 unspecified atom stereocenters. The molecule has 0 radical (unpaired) electrons. The summed E-state index contributed by atoms with van der Waals surface area (Å²) in [6, 6.07) is 2.28. The van der Waals surface area contributed by atoms with E-state index in [0.717, 1.165) is 6.07 Å². The molecule has 8 heteroatoms. The Labute approximate surface area is 115 Å². The number of nitrogens with zero attached hydrogens (tertiary/aromatic N) is 3. The lowest BCUT2D eigenvalue weighted by atomic mass is 10.2. The van der Waals surface area contributed by atoms with E-state index in [4.69, 9.17) is 0 Å². The Hall–Kier alpha value is -1.57. The number of alkyl halides is 3. The summed E-state index contributed by atoms with van der Waals surface area (Å²) in [4.78, 5) is 3.76. The van der Waals surface area contributed by atoms with Gasteiger partial charge in [-0.05, 0) is 28.1 Å². The van der Waals surface area contributed by atoms with Gasteiger partial charge in [-0.25, -0.2) is 0 Å². The number of halogens is 4. The summed E-state index contributed by atoms with van der Waals surface area (Å²) < 4.78 is 40.5. The Balaban J connectivity index is 2.18. The lowest BCUT2D eigenvalue weighted by Crippen LogP contribution is -2.13. The molecule has 0 atom stereocenters. The van der Waals surface area contributed by atoms with Gasteiger partial charge in [-0.1, -0.05) is 0 Å². The summed E-state index contributed by atoms with van der Waals surface area (Å²) in [5.41, 5.74) is -0.804. The second kappa shape index (κ2) is 5.20. The van der Waals surface area contributed by atoms with E-state index in [9.17, 15) is 13.2 Å². The maximum atomic E-state index is 12.8. The van der Waals surface area contributed by atoms with Crippen LogP contribution in [-0.2, 0) is 19.8 Å². The first-order valence-electron chi connectivity index (χ1n) is 5.32. The summed E-state index contributed by atoms with van der Waals surface area (Å²) in [5, 5.41) is 6.89. The zero-order valence-corrected chi connectivity index (χ0v) is 11.5. The lowest BCUT2D eigenvalue weighted by Gasteiger charge is -2.11. The van der Waals surface area contributed by atoms with Crippen molar-refractivity contribution in [2.45, 2.75) is 12.7 Å². The number of hydrogen-bond donors (Lipinski definition) is 1. The highest BCUT2D eigenvalue weighted by atomic mass is 79.9. The maximum Gasteiger partial charge on any atom is 0.418 e. The zero-order valence-electron chi connectivity index (χ0n) is 9.87. The molecule has 0 aliphatic rings. The molecule has 0 aliphatic heterocycles. The number of hydrogen-bond acceptors (Lipinski definition) is 3. The fourth-order valence-corrected chi connectivity index (χ4v) is 2.10. The summed E-state index contributed by atoms with van der Waals surface area (Å²) in [6.07, 6.45) is -1.38. The highest BCUT2D eigenvalue weighted by molar-refractivity contribution is 9.10. The van der Waals surface area contributed by atoms with Crippen LogP contribution in [0, 0.1) is 0 Å². The fraction of sp³-hybridized carbons (Fsp3) is 0.273. The molecule has 2 aromatic heterocycles. The van der Waals surface area contributed by atoms with Gasteiger partial charge < -0.3 is 5.32 Å². The van der Waals surface area contributed by atoms with Crippen molar-refractivity contribution in [1.29, 1.82) is 0 Å². The molecule has 102 valence electrons. The number of nitrogens with one attached hydrogen (secondary N) is 1. The van der Waals surface area contributed by atoms with E-state index >= 15 is 0 Å². The van der Waals surface area contributed by atoms with Gasteiger partial charge >= 0.3 is 6.18 Å². The molecule has 0 saturated heterocycles. The lowest BCUT2D eigenvalue weighted by molar-refractivity contribution is -0.138. The van der Waals surface area contributed by atoms with E-state index in [1.807, 2.05) is 0 Å². The minimum absolute atomic E-state index is 0.0503. The Bertz CT molecular complexity index is 580. The van der Waals surface area contributed by atoms with E-state index in [2.05, 4.69) is 31.3 Å². The van der Waals surface area contributed by atoms with Crippen molar-refractivity contribution in [2.24, 2.45) is 7.05 Å². The number of pyridine rings is 1. The molecule has 0 aromatic carbocycles. The van der Waals surface area contributed by atoms with Crippen LogP contribution in [0.4, 0.5) is 19.0 Å². The maximum absolute atomic E-state index is 12.8. The van der Waals surface area contributed by atoms with Gasteiger partial charge in [0.05, 0.1) is 22.3 Å². The van der Waals surface area contributed by atoms with Gasteiger partial charge in [-0.3, -0.25) is 9.67 Å². The molecule has 4 nitrogen and oxygen atoms in total. The second-order valence-corrected chi connectivity index (χ2v) is 4.70. The Morgan fingerprint density at radius 3 is 2.74 bits per heavy atom. The first kappa shape index (κ1) is 13.9. The van der Waals surface area contributed by atoms with Crippen LogP contribution in [0.1, 0.15) is 11.3 Å². The second-order valence-electron chi connectivity index (χ2n) is 3.85. The number of anilines is 1. The third kappa shape index (κ3) is 3.25. The standard InChI is InChI=1S/C11H10BrF3N4/c1-19-6-8(12)10(18-19)17-5-9-7(11(13,14)15)3-2-4-16-9/h2-4,6H,5H2,1H3,(H,17,18). The van der Waals surface area contributed by atoms with Crippen LogP contribution in [0.2, 0.25) is 0 Å². The Morgan fingerprint density at radius 2 is 2.16 bits per heavy atom. The Morgan fingerprint density at radius 1 is 1.42 bits per heavy atom.